The number of nitrogens with one attached hydrogen (secondary N) is 1. The Kier molecular flexibility index (Phi) is 2.40. The van der Waals surface area contributed by atoms with E-state index in [-0.39, 0.29) is 5.41 Å². The van der Waals surface area contributed by atoms with Crippen LogP contribution in [-0.2, 0) is 5.41 Å². The lowest BCUT2D eigenvalue weighted by Crippen LogP contribution is -2.39. The molecule has 0 saturated carbocycles. The van der Waals surface area contributed by atoms with E-state index in [1.54, 1.807) is 0 Å². The van der Waals surface area contributed by atoms with E-state index in [9.17, 15) is 0 Å². The molecule has 1 N–H and O–H groups in total. The number of rotatable bonds is 1. The fraction of sp³-hybridized carbons (Fsp3) is 0.538. The molecule has 1 saturated heterocycles. The highest BCUT2D eigenvalue weighted by molar-refractivity contribution is 5.41. The van der Waals surface area contributed by atoms with Crippen molar-refractivity contribution in [1.29, 1.82) is 0 Å². The van der Waals surface area contributed by atoms with Gasteiger partial charge in [0.25, 0.3) is 0 Å². The molecule has 0 aliphatic carbocycles. The molecule has 0 unspecified atom stereocenters. The van der Waals surface area contributed by atoms with E-state index in [0.717, 1.165) is 37.4 Å². The molecule has 1 aliphatic heterocycles. The van der Waals surface area contributed by atoms with E-state index in [0.29, 0.717) is 0 Å². The van der Waals surface area contributed by atoms with Gasteiger partial charge in [-0.25, -0.2) is 0 Å². The number of pyridine rings is 1. The maximum Gasteiger partial charge on any atom is 0.161 e. The Balaban J connectivity index is 2.10. The third-order valence-electron chi connectivity index (χ3n) is 3.81. The highest BCUT2D eigenvalue weighted by atomic mass is 15.3. The predicted octanol–water partition coefficient (Wildman–Crippen LogP) is 1.68. The molecule has 3 rings (SSSR count). The molecule has 0 spiro atoms. The van der Waals surface area contributed by atoms with Gasteiger partial charge in [-0.1, -0.05) is 6.92 Å². The molecule has 4 nitrogen and oxygen atoms in total. The van der Waals surface area contributed by atoms with E-state index >= 15 is 0 Å². The van der Waals surface area contributed by atoms with Gasteiger partial charge >= 0.3 is 0 Å². The Hall–Kier alpha value is -1.42. The second kappa shape index (κ2) is 3.81. The molecular weight excluding hydrogens is 212 g/mol. The fourth-order valence-electron chi connectivity index (χ4n) is 2.61. The Morgan fingerprint density at radius 3 is 2.82 bits per heavy atom. The number of fused-ring (bicyclic) bond motifs is 1. The molecule has 0 amide bonds. The molecule has 0 aromatic carbocycles. The minimum absolute atomic E-state index is 0.153. The molecule has 0 atom stereocenters. The van der Waals surface area contributed by atoms with Gasteiger partial charge in [-0.15, -0.1) is 10.2 Å². The molecule has 90 valence electrons. The van der Waals surface area contributed by atoms with Gasteiger partial charge < -0.3 is 5.32 Å². The first kappa shape index (κ1) is 10.7. The van der Waals surface area contributed by atoms with Crippen molar-refractivity contribution < 1.29 is 0 Å². The molecule has 1 fully saturated rings. The second-order valence-electron chi connectivity index (χ2n) is 5.27. The Morgan fingerprint density at radius 2 is 2.06 bits per heavy atom. The standard InChI is InChI=1S/C13H18N4/c1-10-3-8-17-11(9-10)15-16-12(17)13(2)4-6-14-7-5-13/h3,8-9,14H,4-7H2,1-2H3. The van der Waals surface area contributed by atoms with Crippen LogP contribution in [0.25, 0.3) is 5.65 Å². The Labute approximate surface area is 101 Å². The van der Waals surface area contributed by atoms with Crippen LogP contribution < -0.4 is 5.32 Å². The summed E-state index contributed by atoms with van der Waals surface area (Å²) in [5, 5.41) is 12.1. The maximum atomic E-state index is 4.42. The van der Waals surface area contributed by atoms with Crippen molar-refractivity contribution in [2.75, 3.05) is 13.1 Å². The molecule has 0 bridgehead atoms. The van der Waals surface area contributed by atoms with Gasteiger partial charge in [0.2, 0.25) is 0 Å². The van der Waals surface area contributed by atoms with Gasteiger partial charge in [-0.05, 0) is 50.6 Å². The fourth-order valence-corrected chi connectivity index (χ4v) is 2.61. The third kappa shape index (κ3) is 1.72. The summed E-state index contributed by atoms with van der Waals surface area (Å²) in [4.78, 5) is 0. The average molecular weight is 230 g/mol. The normalized spacial score (nSPS) is 19.6. The van der Waals surface area contributed by atoms with Gasteiger partial charge in [-0.2, -0.15) is 0 Å². The highest BCUT2D eigenvalue weighted by Gasteiger charge is 2.33. The van der Waals surface area contributed by atoms with Crippen molar-refractivity contribution in [2.45, 2.75) is 32.1 Å². The van der Waals surface area contributed by atoms with Gasteiger partial charge in [0.1, 0.15) is 5.82 Å². The van der Waals surface area contributed by atoms with E-state index in [1.807, 2.05) is 0 Å². The monoisotopic (exact) mass is 230 g/mol. The lowest BCUT2D eigenvalue weighted by atomic mass is 9.80. The highest BCUT2D eigenvalue weighted by Crippen LogP contribution is 2.31. The molecule has 2 aromatic rings. The van der Waals surface area contributed by atoms with Crippen LogP contribution in [0.15, 0.2) is 18.3 Å². The van der Waals surface area contributed by atoms with Crippen molar-refractivity contribution in [1.82, 2.24) is 19.9 Å². The van der Waals surface area contributed by atoms with E-state index in [4.69, 9.17) is 0 Å². The summed E-state index contributed by atoms with van der Waals surface area (Å²) in [6.45, 7) is 6.51. The van der Waals surface area contributed by atoms with Crippen molar-refractivity contribution in [2.24, 2.45) is 0 Å². The summed E-state index contributed by atoms with van der Waals surface area (Å²) in [5.74, 6) is 1.11. The lowest BCUT2D eigenvalue weighted by Gasteiger charge is -2.32. The zero-order valence-electron chi connectivity index (χ0n) is 10.4. The van der Waals surface area contributed by atoms with Crippen LogP contribution in [0.2, 0.25) is 0 Å². The van der Waals surface area contributed by atoms with Crippen molar-refractivity contribution in [3.8, 4) is 0 Å². The van der Waals surface area contributed by atoms with Crippen molar-refractivity contribution >= 4 is 5.65 Å². The Morgan fingerprint density at radius 1 is 1.29 bits per heavy atom. The molecule has 0 radical (unpaired) electrons. The third-order valence-corrected chi connectivity index (χ3v) is 3.81. The predicted molar refractivity (Wildman–Crippen MR) is 67.2 cm³/mol. The SMILES string of the molecule is Cc1ccn2c(C3(C)CCNCC3)nnc2c1. The van der Waals surface area contributed by atoms with Crippen LogP contribution in [0.3, 0.4) is 0 Å². The number of nitrogens with zero attached hydrogens (tertiary/aromatic N) is 3. The van der Waals surface area contributed by atoms with Crippen LogP contribution in [-0.4, -0.2) is 27.7 Å². The second-order valence-corrected chi connectivity index (χ2v) is 5.27. The van der Waals surface area contributed by atoms with E-state index < -0.39 is 0 Å². The largest absolute Gasteiger partial charge is 0.317 e. The average Bonchev–Trinajstić information content (AvgIpc) is 2.73. The number of hydrogen-bond donors (Lipinski definition) is 1. The van der Waals surface area contributed by atoms with Crippen LogP contribution in [0.1, 0.15) is 31.2 Å². The smallest absolute Gasteiger partial charge is 0.161 e. The number of piperidine rings is 1. The van der Waals surface area contributed by atoms with Crippen LogP contribution >= 0.6 is 0 Å². The Bertz CT molecular complexity index is 537. The topological polar surface area (TPSA) is 42.2 Å². The summed E-state index contributed by atoms with van der Waals surface area (Å²) in [6.07, 6.45) is 4.34. The van der Waals surface area contributed by atoms with Gasteiger partial charge in [0.05, 0.1) is 0 Å². The van der Waals surface area contributed by atoms with Crippen molar-refractivity contribution in [3.05, 3.63) is 29.7 Å². The first-order valence-corrected chi connectivity index (χ1v) is 6.22. The minimum atomic E-state index is 0.153. The molecule has 2 aromatic heterocycles. The zero-order valence-corrected chi connectivity index (χ0v) is 10.4. The van der Waals surface area contributed by atoms with E-state index in [1.165, 1.54) is 5.56 Å². The van der Waals surface area contributed by atoms with E-state index in [2.05, 4.69) is 52.1 Å². The van der Waals surface area contributed by atoms with Crippen molar-refractivity contribution in [3.63, 3.8) is 0 Å². The summed E-state index contributed by atoms with van der Waals surface area (Å²) in [6, 6.07) is 4.20. The minimum Gasteiger partial charge on any atom is -0.317 e. The van der Waals surface area contributed by atoms with Crippen LogP contribution in [0, 0.1) is 6.92 Å². The summed E-state index contributed by atoms with van der Waals surface area (Å²) in [7, 11) is 0. The quantitative estimate of drug-likeness (QED) is 0.810. The summed E-state index contributed by atoms with van der Waals surface area (Å²) < 4.78 is 2.14. The lowest BCUT2D eigenvalue weighted by molar-refractivity contribution is 0.316. The molecule has 1 aliphatic rings. The van der Waals surface area contributed by atoms with Gasteiger partial charge in [0.15, 0.2) is 5.65 Å². The van der Waals surface area contributed by atoms with Gasteiger partial charge in [0, 0.05) is 11.6 Å². The summed E-state index contributed by atoms with van der Waals surface area (Å²) in [5.41, 5.74) is 2.34. The van der Waals surface area contributed by atoms with Gasteiger partial charge in [-0.3, -0.25) is 4.40 Å². The number of hydrogen-bond acceptors (Lipinski definition) is 3. The first-order chi connectivity index (χ1) is 8.19. The van der Waals surface area contributed by atoms with Crippen LogP contribution in [0.4, 0.5) is 0 Å². The number of aromatic nitrogens is 3. The maximum absolute atomic E-state index is 4.42. The first-order valence-electron chi connectivity index (χ1n) is 6.22. The molecular formula is C13H18N4. The number of aryl methyl sites for hydroxylation is 1. The molecule has 17 heavy (non-hydrogen) atoms. The molecule has 4 heteroatoms. The summed E-state index contributed by atoms with van der Waals surface area (Å²) >= 11 is 0. The van der Waals surface area contributed by atoms with Crippen LogP contribution in [0.5, 0.6) is 0 Å². The zero-order chi connectivity index (χ0) is 11.9. The molecule has 3 heterocycles.